The van der Waals surface area contributed by atoms with Crippen molar-refractivity contribution in [3.05, 3.63) is 58.9 Å². The summed E-state index contributed by atoms with van der Waals surface area (Å²) in [7, 11) is 0. The molecule has 1 saturated carbocycles. The number of aromatic nitrogens is 1. The molecule has 0 unspecified atom stereocenters. The zero-order chi connectivity index (χ0) is 20.8. The normalized spacial score (nSPS) is 21.6. The van der Waals surface area contributed by atoms with Gasteiger partial charge in [0.2, 0.25) is 0 Å². The molecule has 1 saturated heterocycles. The average Bonchev–Trinajstić information content (AvgIpc) is 3.45. The average molecular weight is 393 g/mol. The molecule has 1 aromatic carbocycles. The minimum atomic E-state index is -0.988. The van der Waals surface area contributed by atoms with Crippen molar-refractivity contribution in [3.63, 3.8) is 0 Å². The Labute approximate surface area is 170 Å². The monoisotopic (exact) mass is 393 g/mol. The van der Waals surface area contributed by atoms with E-state index in [0.717, 1.165) is 34.7 Å². The van der Waals surface area contributed by atoms with Crippen molar-refractivity contribution in [1.29, 1.82) is 0 Å². The maximum Gasteiger partial charge on any atom is 0.325 e. The first kappa shape index (κ1) is 19.4. The van der Waals surface area contributed by atoms with Crippen LogP contribution in [0.4, 0.5) is 4.79 Å². The van der Waals surface area contributed by atoms with E-state index in [2.05, 4.69) is 9.88 Å². The Morgan fingerprint density at radius 1 is 1.17 bits per heavy atom. The van der Waals surface area contributed by atoms with Gasteiger partial charge in [-0.05, 0) is 58.1 Å². The van der Waals surface area contributed by atoms with Gasteiger partial charge in [0.05, 0.1) is 6.54 Å². The minimum absolute atomic E-state index is 0.194. The Kier molecular flexibility index (Phi) is 4.81. The van der Waals surface area contributed by atoms with E-state index < -0.39 is 11.6 Å². The first-order valence-electron chi connectivity index (χ1n) is 10.2. The summed E-state index contributed by atoms with van der Waals surface area (Å²) in [6.45, 7) is 5.45. The molecule has 2 aliphatic rings. The number of urea groups is 1. The van der Waals surface area contributed by atoms with Crippen LogP contribution in [0.15, 0.2) is 36.4 Å². The predicted octanol–water partition coefficient (Wildman–Crippen LogP) is 3.57. The molecule has 1 aliphatic carbocycles. The van der Waals surface area contributed by atoms with E-state index in [1.807, 2.05) is 50.2 Å². The molecule has 0 spiro atoms. The number of hydrogen-bond acceptors (Lipinski definition) is 3. The lowest BCUT2D eigenvalue weighted by Crippen LogP contribution is -2.44. The van der Waals surface area contributed by atoms with Gasteiger partial charge in [-0.2, -0.15) is 0 Å². The molecule has 2 heterocycles. The molecule has 6 nitrogen and oxygen atoms in total. The molecular formula is C23H27N3O3. The Morgan fingerprint density at radius 3 is 2.52 bits per heavy atom. The van der Waals surface area contributed by atoms with E-state index in [9.17, 15) is 14.4 Å². The molecule has 3 amide bonds. The smallest absolute Gasteiger partial charge is 0.325 e. The Bertz CT molecular complexity index is 975. The molecule has 2 aromatic rings. The molecular weight excluding hydrogens is 366 g/mol. The number of carbonyl (C=O) groups is 3. The van der Waals surface area contributed by atoms with Crippen LogP contribution >= 0.6 is 0 Å². The zero-order valence-electron chi connectivity index (χ0n) is 17.2. The number of Topliss-reactive ketones (excluding diaryl/α,β-unsaturated/α-hetero) is 1. The summed E-state index contributed by atoms with van der Waals surface area (Å²) in [6, 6.07) is 11.7. The minimum Gasteiger partial charge on any atom is -0.345 e. The third-order valence-electron chi connectivity index (χ3n) is 6.10. The van der Waals surface area contributed by atoms with Crippen LogP contribution in [-0.4, -0.2) is 39.3 Å². The van der Waals surface area contributed by atoms with Crippen LogP contribution in [0.3, 0.4) is 0 Å². The summed E-state index contributed by atoms with van der Waals surface area (Å²) in [5.74, 6) is -0.524. The Morgan fingerprint density at radius 2 is 1.86 bits per heavy atom. The number of nitrogens with one attached hydrogen (secondary N) is 1. The molecule has 1 aliphatic heterocycles. The highest BCUT2D eigenvalue weighted by atomic mass is 16.2. The number of nitrogens with zero attached hydrogens (tertiary/aromatic N) is 2. The molecule has 1 aromatic heterocycles. The summed E-state index contributed by atoms with van der Waals surface area (Å²) < 4.78 is 2.20. The van der Waals surface area contributed by atoms with Gasteiger partial charge < -0.3 is 9.88 Å². The van der Waals surface area contributed by atoms with Crippen LogP contribution in [0.25, 0.3) is 0 Å². The molecule has 2 fully saturated rings. The van der Waals surface area contributed by atoms with Gasteiger partial charge >= 0.3 is 6.03 Å². The van der Waals surface area contributed by atoms with Crippen molar-refractivity contribution in [2.75, 3.05) is 6.54 Å². The van der Waals surface area contributed by atoms with Crippen LogP contribution in [-0.2, 0) is 11.2 Å². The summed E-state index contributed by atoms with van der Waals surface area (Å²) in [6.07, 6.45) is 3.43. The summed E-state index contributed by atoms with van der Waals surface area (Å²) >= 11 is 0. The fraction of sp³-hybridized carbons (Fsp3) is 0.435. The fourth-order valence-corrected chi connectivity index (χ4v) is 4.28. The molecule has 1 N–H and O–H groups in total. The van der Waals surface area contributed by atoms with Crippen LogP contribution in [0, 0.1) is 13.8 Å². The molecule has 0 bridgehead atoms. The Balaban J connectivity index is 1.46. The second kappa shape index (κ2) is 7.17. The van der Waals surface area contributed by atoms with Gasteiger partial charge in [-0.3, -0.25) is 14.5 Å². The van der Waals surface area contributed by atoms with Crippen molar-refractivity contribution < 1.29 is 14.4 Å². The van der Waals surface area contributed by atoms with Gasteiger partial charge in [0.1, 0.15) is 5.54 Å². The number of rotatable bonds is 7. The van der Waals surface area contributed by atoms with E-state index in [1.54, 1.807) is 6.92 Å². The topological polar surface area (TPSA) is 71.4 Å². The number of imide groups is 1. The third kappa shape index (κ3) is 3.59. The number of amides is 3. The highest BCUT2D eigenvalue weighted by Crippen LogP contribution is 2.38. The second-order valence-corrected chi connectivity index (χ2v) is 8.45. The summed E-state index contributed by atoms with van der Waals surface area (Å²) in [5.41, 5.74) is 2.70. The van der Waals surface area contributed by atoms with E-state index in [1.165, 1.54) is 0 Å². The van der Waals surface area contributed by atoms with Gasteiger partial charge in [0, 0.05) is 23.0 Å². The van der Waals surface area contributed by atoms with Crippen molar-refractivity contribution >= 4 is 17.7 Å². The predicted molar refractivity (Wildman–Crippen MR) is 110 cm³/mol. The van der Waals surface area contributed by atoms with Crippen molar-refractivity contribution in [1.82, 2.24) is 14.8 Å². The summed E-state index contributed by atoms with van der Waals surface area (Å²) in [4.78, 5) is 39.5. The van der Waals surface area contributed by atoms with E-state index in [4.69, 9.17) is 0 Å². The standard InChI is InChI=1S/C23H27N3O3/c1-15-13-19(16(2)26(15)18-9-10-18)20(27)14-25-21(28)23(3,24-22(25)29)12-11-17-7-5-4-6-8-17/h4-8,13,18H,9-12,14H2,1-3H3,(H,24,29)/t23-/m0/s1. The van der Waals surface area contributed by atoms with Crippen LogP contribution < -0.4 is 5.32 Å². The third-order valence-corrected chi connectivity index (χ3v) is 6.10. The second-order valence-electron chi connectivity index (χ2n) is 8.45. The highest BCUT2D eigenvalue weighted by Gasteiger charge is 2.48. The molecule has 0 radical (unpaired) electrons. The Hall–Kier alpha value is -2.89. The molecule has 4 rings (SSSR count). The first-order valence-corrected chi connectivity index (χ1v) is 10.2. The van der Waals surface area contributed by atoms with Gasteiger partial charge in [0.25, 0.3) is 5.91 Å². The summed E-state index contributed by atoms with van der Waals surface area (Å²) in [5, 5.41) is 2.80. The number of ketones is 1. The molecule has 1 atom stereocenters. The van der Waals surface area contributed by atoms with Gasteiger partial charge in [0.15, 0.2) is 5.78 Å². The van der Waals surface area contributed by atoms with Crippen LogP contribution in [0.1, 0.15) is 59.5 Å². The van der Waals surface area contributed by atoms with Gasteiger partial charge in [-0.15, -0.1) is 0 Å². The lowest BCUT2D eigenvalue weighted by molar-refractivity contribution is -0.130. The largest absolute Gasteiger partial charge is 0.345 e. The van der Waals surface area contributed by atoms with Crippen LogP contribution in [0.2, 0.25) is 0 Å². The number of carbonyl (C=O) groups excluding carboxylic acids is 3. The lowest BCUT2D eigenvalue weighted by atomic mass is 9.93. The van der Waals surface area contributed by atoms with Gasteiger partial charge in [-0.1, -0.05) is 30.3 Å². The highest BCUT2D eigenvalue weighted by molar-refractivity contribution is 6.11. The lowest BCUT2D eigenvalue weighted by Gasteiger charge is -2.21. The fourth-order valence-electron chi connectivity index (χ4n) is 4.28. The quantitative estimate of drug-likeness (QED) is 0.577. The first-order chi connectivity index (χ1) is 13.8. The maximum absolute atomic E-state index is 13.0. The van der Waals surface area contributed by atoms with E-state index in [0.29, 0.717) is 24.4 Å². The van der Waals surface area contributed by atoms with Crippen molar-refractivity contribution in [2.45, 2.75) is 58.0 Å². The number of benzene rings is 1. The van der Waals surface area contributed by atoms with E-state index >= 15 is 0 Å². The molecule has 152 valence electrons. The number of aryl methyl sites for hydroxylation is 2. The van der Waals surface area contributed by atoms with Crippen LogP contribution in [0.5, 0.6) is 0 Å². The van der Waals surface area contributed by atoms with Crippen molar-refractivity contribution in [2.24, 2.45) is 0 Å². The molecule has 29 heavy (non-hydrogen) atoms. The maximum atomic E-state index is 13.0. The SMILES string of the molecule is Cc1cc(C(=O)CN2C(=O)N[C@@](C)(CCc3ccccc3)C2=O)c(C)n1C1CC1. The number of hydrogen-bond donors (Lipinski definition) is 1. The van der Waals surface area contributed by atoms with E-state index in [-0.39, 0.29) is 18.2 Å². The van der Waals surface area contributed by atoms with Crippen molar-refractivity contribution in [3.8, 4) is 0 Å². The zero-order valence-corrected chi connectivity index (χ0v) is 17.2. The van der Waals surface area contributed by atoms with Gasteiger partial charge in [-0.25, -0.2) is 4.79 Å². The molecule has 6 heteroatoms.